The van der Waals surface area contributed by atoms with Gasteiger partial charge in [0.05, 0.1) is 6.54 Å². The number of nitrogens with zero attached hydrogens (tertiary/aromatic N) is 1. The molecule has 112 valence electrons. The molecule has 0 atom stereocenters. The molecular formula is C18H23NO2. The number of allylic oxidation sites excluding steroid dienone is 1. The molecule has 0 heterocycles. The fourth-order valence-electron chi connectivity index (χ4n) is 1.78. The third-order valence-electron chi connectivity index (χ3n) is 2.67. The first-order valence-electron chi connectivity index (χ1n) is 6.94. The fourth-order valence-corrected chi connectivity index (χ4v) is 1.78. The first kappa shape index (κ1) is 17.0. The maximum atomic E-state index is 11.7. The number of likely N-dealkylation sites (N-methyl/N-ethyl adjacent to an activating group) is 1. The van der Waals surface area contributed by atoms with Crippen molar-refractivity contribution in [3.8, 4) is 12.3 Å². The van der Waals surface area contributed by atoms with Crippen molar-refractivity contribution in [2.24, 2.45) is 0 Å². The minimum absolute atomic E-state index is 0.236. The summed E-state index contributed by atoms with van der Waals surface area (Å²) in [5, 5.41) is 0. The van der Waals surface area contributed by atoms with Crippen molar-refractivity contribution >= 4 is 11.5 Å². The maximum Gasteiger partial charge on any atom is 0.320 e. The minimum atomic E-state index is -0.457. The molecule has 0 saturated carbocycles. The molecule has 0 aliphatic heterocycles. The quantitative estimate of drug-likeness (QED) is 0.615. The van der Waals surface area contributed by atoms with E-state index in [0.717, 1.165) is 11.1 Å². The number of ether oxygens (including phenoxy) is 1. The van der Waals surface area contributed by atoms with Crippen LogP contribution < -0.4 is 0 Å². The molecule has 1 rings (SSSR count). The molecular weight excluding hydrogens is 262 g/mol. The van der Waals surface area contributed by atoms with E-state index in [4.69, 9.17) is 11.2 Å². The van der Waals surface area contributed by atoms with Crippen LogP contribution in [0.2, 0.25) is 0 Å². The standard InChI is InChI=1S/C18H23NO2/c1-6-15(16-10-8-7-9-11-16)12-13-19(5)14-17(20)21-18(2,3)4/h1,7-12H,13-14H2,2-5H3. The Labute approximate surface area is 127 Å². The molecule has 3 heteroatoms. The lowest BCUT2D eigenvalue weighted by molar-refractivity contribution is -0.155. The summed E-state index contributed by atoms with van der Waals surface area (Å²) >= 11 is 0. The van der Waals surface area contributed by atoms with Crippen LogP contribution in [0.1, 0.15) is 26.3 Å². The van der Waals surface area contributed by atoms with Crippen LogP contribution in [0.15, 0.2) is 36.4 Å². The molecule has 0 spiro atoms. The van der Waals surface area contributed by atoms with Crippen molar-refractivity contribution < 1.29 is 9.53 Å². The normalized spacial score (nSPS) is 12.1. The van der Waals surface area contributed by atoms with Crippen LogP contribution in [0.5, 0.6) is 0 Å². The van der Waals surface area contributed by atoms with Gasteiger partial charge in [-0.3, -0.25) is 9.69 Å². The summed E-state index contributed by atoms with van der Waals surface area (Å²) in [5.74, 6) is 2.45. The van der Waals surface area contributed by atoms with E-state index >= 15 is 0 Å². The van der Waals surface area contributed by atoms with E-state index < -0.39 is 5.60 Å². The van der Waals surface area contributed by atoms with Gasteiger partial charge in [0, 0.05) is 12.1 Å². The second-order valence-corrected chi connectivity index (χ2v) is 5.91. The van der Waals surface area contributed by atoms with Gasteiger partial charge in [-0.25, -0.2) is 0 Å². The molecule has 0 aliphatic rings. The highest BCUT2D eigenvalue weighted by atomic mass is 16.6. The molecule has 1 aromatic rings. The van der Waals surface area contributed by atoms with E-state index in [9.17, 15) is 4.79 Å². The van der Waals surface area contributed by atoms with Crippen LogP contribution in [0.25, 0.3) is 5.57 Å². The second kappa shape index (κ2) is 7.66. The summed E-state index contributed by atoms with van der Waals surface area (Å²) < 4.78 is 5.28. The highest BCUT2D eigenvalue weighted by molar-refractivity contribution is 5.78. The third-order valence-corrected chi connectivity index (χ3v) is 2.67. The zero-order valence-electron chi connectivity index (χ0n) is 13.2. The Morgan fingerprint density at radius 2 is 1.95 bits per heavy atom. The first-order chi connectivity index (χ1) is 9.81. The van der Waals surface area contributed by atoms with Crippen LogP contribution in [-0.2, 0) is 9.53 Å². The van der Waals surface area contributed by atoms with Crippen molar-refractivity contribution in [3.63, 3.8) is 0 Å². The van der Waals surface area contributed by atoms with Gasteiger partial charge < -0.3 is 4.74 Å². The van der Waals surface area contributed by atoms with E-state index in [1.54, 1.807) is 0 Å². The van der Waals surface area contributed by atoms with Gasteiger partial charge in [0.2, 0.25) is 0 Å². The lowest BCUT2D eigenvalue weighted by Gasteiger charge is -2.22. The van der Waals surface area contributed by atoms with Crippen molar-refractivity contribution in [2.45, 2.75) is 26.4 Å². The molecule has 0 fully saturated rings. The van der Waals surface area contributed by atoms with E-state index in [1.165, 1.54) is 0 Å². The number of hydrogen-bond acceptors (Lipinski definition) is 3. The number of carbonyl (C=O) groups excluding carboxylic acids is 1. The zero-order chi connectivity index (χ0) is 15.9. The van der Waals surface area contributed by atoms with Gasteiger partial charge in [0.1, 0.15) is 5.60 Å². The van der Waals surface area contributed by atoms with Crippen LogP contribution in [0, 0.1) is 12.3 Å². The Hall–Kier alpha value is -2.05. The molecule has 3 nitrogen and oxygen atoms in total. The van der Waals surface area contributed by atoms with Gasteiger partial charge in [0.15, 0.2) is 0 Å². The van der Waals surface area contributed by atoms with Crippen LogP contribution in [-0.4, -0.2) is 36.6 Å². The predicted molar refractivity (Wildman–Crippen MR) is 86.6 cm³/mol. The summed E-state index contributed by atoms with van der Waals surface area (Å²) in [6.45, 7) is 6.40. The molecule has 0 saturated heterocycles. The number of terminal acetylenes is 1. The Bertz CT molecular complexity index is 533. The highest BCUT2D eigenvalue weighted by Gasteiger charge is 2.17. The molecule has 21 heavy (non-hydrogen) atoms. The van der Waals surface area contributed by atoms with E-state index in [-0.39, 0.29) is 12.5 Å². The lowest BCUT2D eigenvalue weighted by atomic mass is 10.1. The van der Waals surface area contributed by atoms with Crippen LogP contribution in [0.4, 0.5) is 0 Å². The number of benzene rings is 1. The number of esters is 1. The number of carbonyl (C=O) groups is 1. The van der Waals surface area contributed by atoms with Gasteiger partial charge in [-0.1, -0.05) is 42.3 Å². The summed E-state index contributed by atoms with van der Waals surface area (Å²) in [6, 6.07) is 9.79. The fraction of sp³-hybridized carbons (Fsp3) is 0.389. The molecule has 0 aromatic heterocycles. The largest absolute Gasteiger partial charge is 0.459 e. The molecule has 0 unspecified atom stereocenters. The molecule has 0 aliphatic carbocycles. The Balaban J connectivity index is 2.58. The van der Waals surface area contributed by atoms with E-state index in [2.05, 4.69) is 5.92 Å². The topological polar surface area (TPSA) is 29.5 Å². The van der Waals surface area contributed by atoms with E-state index in [1.807, 2.05) is 69.1 Å². The van der Waals surface area contributed by atoms with E-state index in [0.29, 0.717) is 6.54 Å². The molecule has 0 amide bonds. The number of hydrogen-bond donors (Lipinski definition) is 0. The Morgan fingerprint density at radius 1 is 1.33 bits per heavy atom. The van der Waals surface area contributed by atoms with Crippen molar-refractivity contribution in [1.29, 1.82) is 0 Å². The zero-order valence-corrected chi connectivity index (χ0v) is 13.2. The van der Waals surface area contributed by atoms with Gasteiger partial charge in [-0.2, -0.15) is 0 Å². The average Bonchev–Trinajstić information content (AvgIpc) is 2.38. The van der Waals surface area contributed by atoms with Gasteiger partial charge in [-0.05, 0) is 33.4 Å². The summed E-state index contributed by atoms with van der Waals surface area (Å²) in [7, 11) is 1.86. The number of rotatable bonds is 5. The van der Waals surface area contributed by atoms with Crippen molar-refractivity contribution in [3.05, 3.63) is 42.0 Å². The summed E-state index contributed by atoms with van der Waals surface area (Å²) in [4.78, 5) is 13.6. The predicted octanol–water partition coefficient (Wildman–Crippen LogP) is 2.98. The summed E-state index contributed by atoms with van der Waals surface area (Å²) in [6.07, 6.45) is 7.49. The maximum absolute atomic E-state index is 11.7. The molecule has 0 N–H and O–H groups in total. The first-order valence-corrected chi connectivity index (χ1v) is 6.94. The third kappa shape index (κ3) is 6.78. The highest BCUT2D eigenvalue weighted by Crippen LogP contribution is 2.12. The van der Waals surface area contributed by atoms with Crippen LogP contribution >= 0.6 is 0 Å². The lowest BCUT2D eigenvalue weighted by Crippen LogP contribution is -2.32. The SMILES string of the molecule is C#CC(=CCN(C)CC(=O)OC(C)(C)C)c1ccccc1. The molecule has 0 radical (unpaired) electrons. The smallest absolute Gasteiger partial charge is 0.320 e. The van der Waals surface area contributed by atoms with Gasteiger partial charge >= 0.3 is 5.97 Å². The molecule has 1 aromatic carbocycles. The van der Waals surface area contributed by atoms with Crippen LogP contribution in [0.3, 0.4) is 0 Å². The van der Waals surface area contributed by atoms with Crippen molar-refractivity contribution in [1.82, 2.24) is 4.90 Å². The monoisotopic (exact) mass is 285 g/mol. The summed E-state index contributed by atoms with van der Waals surface area (Å²) in [5.41, 5.74) is 1.37. The Kier molecular flexibility index (Phi) is 6.20. The van der Waals surface area contributed by atoms with Gasteiger partial charge in [0.25, 0.3) is 0 Å². The van der Waals surface area contributed by atoms with Crippen molar-refractivity contribution in [2.75, 3.05) is 20.1 Å². The average molecular weight is 285 g/mol. The Morgan fingerprint density at radius 3 is 2.48 bits per heavy atom. The van der Waals surface area contributed by atoms with Gasteiger partial charge in [-0.15, -0.1) is 6.42 Å². The minimum Gasteiger partial charge on any atom is -0.459 e. The second-order valence-electron chi connectivity index (χ2n) is 5.91. The molecule has 0 bridgehead atoms.